The first kappa shape index (κ1) is 32.5. The molecule has 58 heavy (non-hydrogen) atoms. The summed E-state index contributed by atoms with van der Waals surface area (Å²) in [5.74, 6) is 0.940. The molecule has 0 bridgehead atoms. The average Bonchev–Trinajstić information content (AvgIpc) is 3.69. The number of nitrogens with zero attached hydrogens (tertiary/aromatic N) is 3. The first-order chi connectivity index (χ1) is 28.8. The van der Waals surface area contributed by atoms with E-state index in [-0.39, 0.29) is 0 Å². The normalized spacial score (nSPS) is 12.1. The lowest BCUT2D eigenvalue weighted by atomic mass is 9.83. The Labute approximate surface area is 336 Å². The van der Waals surface area contributed by atoms with E-state index in [1.807, 2.05) is 0 Å². The Morgan fingerprint density at radius 1 is 0.345 bits per heavy atom. The van der Waals surface area contributed by atoms with Crippen molar-refractivity contribution in [3.05, 3.63) is 212 Å². The van der Waals surface area contributed by atoms with Crippen molar-refractivity contribution in [3.63, 3.8) is 0 Å². The predicted octanol–water partition coefficient (Wildman–Crippen LogP) is 14.9. The minimum absolute atomic E-state index is 0.940. The van der Waals surface area contributed by atoms with Crippen LogP contribution in [0.1, 0.15) is 0 Å². The van der Waals surface area contributed by atoms with Gasteiger partial charge in [0.1, 0.15) is 5.82 Å². The molecule has 0 radical (unpaired) electrons. The predicted molar refractivity (Wildman–Crippen MR) is 244 cm³/mol. The van der Waals surface area contributed by atoms with Crippen molar-refractivity contribution in [2.45, 2.75) is 0 Å². The van der Waals surface area contributed by atoms with Gasteiger partial charge in [0.05, 0.1) is 28.1 Å². The number of anilines is 3. The average molecular weight is 738 g/mol. The van der Waals surface area contributed by atoms with Gasteiger partial charge in [-0.15, -0.1) is 0 Å². The highest BCUT2D eigenvalue weighted by molar-refractivity contribution is 6.24. The van der Waals surface area contributed by atoms with Crippen LogP contribution in [-0.4, -0.2) is 9.55 Å². The summed E-state index contributed by atoms with van der Waals surface area (Å²) in [6, 6.07) is 77.0. The number of fused-ring (bicyclic) bond motifs is 5. The third-order valence-corrected chi connectivity index (χ3v) is 11.9. The molecule has 0 aliphatic carbocycles. The molecule has 1 aliphatic heterocycles. The summed E-state index contributed by atoms with van der Waals surface area (Å²) >= 11 is 0. The first-order valence-corrected chi connectivity index (χ1v) is 19.9. The lowest BCUT2D eigenvalue weighted by molar-refractivity contribution is 1.06. The van der Waals surface area contributed by atoms with Gasteiger partial charge in [-0.3, -0.25) is 4.57 Å². The molecule has 1 aliphatic rings. The molecule has 12 rings (SSSR count). The van der Waals surface area contributed by atoms with Crippen LogP contribution in [0.3, 0.4) is 0 Å². The van der Waals surface area contributed by atoms with E-state index in [2.05, 4.69) is 222 Å². The Morgan fingerprint density at radius 3 is 1.74 bits per heavy atom. The Morgan fingerprint density at radius 2 is 0.948 bits per heavy atom. The zero-order valence-corrected chi connectivity index (χ0v) is 31.5. The van der Waals surface area contributed by atoms with Crippen LogP contribution >= 0.6 is 0 Å². The van der Waals surface area contributed by atoms with Gasteiger partial charge in [0.15, 0.2) is 0 Å². The Balaban J connectivity index is 1.15. The van der Waals surface area contributed by atoms with Crippen LogP contribution < -0.4 is 4.90 Å². The summed E-state index contributed by atoms with van der Waals surface area (Å²) < 4.78 is 2.36. The van der Waals surface area contributed by atoms with Gasteiger partial charge >= 0.3 is 0 Å². The summed E-state index contributed by atoms with van der Waals surface area (Å²) in [5, 5.41) is 7.46. The van der Waals surface area contributed by atoms with Crippen molar-refractivity contribution >= 4 is 60.4 Å². The number of para-hydroxylation sites is 2. The van der Waals surface area contributed by atoms with Crippen LogP contribution in [0.5, 0.6) is 0 Å². The second-order valence-corrected chi connectivity index (χ2v) is 15.1. The third-order valence-electron chi connectivity index (χ3n) is 11.9. The quantitative estimate of drug-likeness (QED) is 0.164. The summed E-state index contributed by atoms with van der Waals surface area (Å²) in [7, 11) is 0. The third kappa shape index (κ3) is 4.90. The van der Waals surface area contributed by atoms with Crippen molar-refractivity contribution in [2.75, 3.05) is 4.90 Å². The SMILES string of the molecule is c1ccc(-c2c3ccccc3c(-c3cccc4ccccc34)c3cc(-c4ccc5c(c4)N(c4ccccc4)c4cccc6nc(-c7ccccc7)n-5c46)ccc23)cc1. The van der Waals surface area contributed by atoms with Gasteiger partial charge in [-0.05, 0) is 108 Å². The molecule has 0 spiro atoms. The number of hydrogen-bond acceptors (Lipinski definition) is 2. The monoisotopic (exact) mass is 737 g/mol. The number of imidazole rings is 1. The lowest BCUT2D eigenvalue weighted by Crippen LogP contribution is -2.18. The van der Waals surface area contributed by atoms with E-state index in [1.54, 1.807) is 0 Å². The molecule has 10 aromatic carbocycles. The summed E-state index contributed by atoms with van der Waals surface area (Å²) in [6.07, 6.45) is 0. The van der Waals surface area contributed by atoms with Crippen molar-refractivity contribution in [1.82, 2.24) is 9.55 Å². The molecular formula is C55H35N3. The van der Waals surface area contributed by atoms with Gasteiger partial charge in [-0.25, -0.2) is 4.98 Å². The van der Waals surface area contributed by atoms with Crippen LogP contribution in [0.4, 0.5) is 17.1 Å². The van der Waals surface area contributed by atoms with Gasteiger partial charge in [-0.2, -0.15) is 0 Å². The van der Waals surface area contributed by atoms with Gasteiger partial charge in [0, 0.05) is 11.3 Å². The molecule has 0 amide bonds. The second-order valence-electron chi connectivity index (χ2n) is 15.1. The van der Waals surface area contributed by atoms with E-state index < -0.39 is 0 Å². The van der Waals surface area contributed by atoms with Gasteiger partial charge < -0.3 is 4.90 Å². The Hall–Kier alpha value is -7.75. The molecule has 0 saturated heterocycles. The van der Waals surface area contributed by atoms with E-state index >= 15 is 0 Å². The van der Waals surface area contributed by atoms with Gasteiger partial charge in [-0.1, -0.05) is 170 Å². The molecule has 3 heteroatoms. The van der Waals surface area contributed by atoms with Crippen molar-refractivity contribution < 1.29 is 0 Å². The van der Waals surface area contributed by atoms with E-state index in [0.717, 1.165) is 56.3 Å². The molecule has 1 aromatic heterocycles. The summed E-state index contributed by atoms with van der Waals surface area (Å²) in [5.41, 5.74) is 14.9. The van der Waals surface area contributed by atoms with Crippen LogP contribution in [0.2, 0.25) is 0 Å². The topological polar surface area (TPSA) is 21.1 Å². The Kier molecular flexibility index (Phi) is 7.23. The highest BCUT2D eigenvalue weighted by Crippen LogP contribution is 2.51. The highest BCUT2D eigenvalue weighted by Gasteiger charge is 2.30. The highest BCUT2D eigenvalue weighted by atomic mass is 15.2. The zero-order valence-electron chi connectivity index (χ0n) is 31.5. The van der Waals surface area contributed by atoms with E-state index in [1.165, 1.54) is 54.6 Å². The van der Waals surface area contributed by atoms with Crippen LogP contribution in [0.25, 0.3) is 93.8 Å². The molecule has 0 atom stereocenters. The minimum Gasteiger partial charge on any atom is -0.306 e. The van der Waals surface area contributed by atoms with Gasteiger partial charge in [0.25, 0.3) is 0 Å². The van der Waals surface area contributed by atoms with Crippen molar-refractivity contribution in [3.8, 4) is 50.5 Å². The number of benzene rings is 10. The van der Waals surface area contributed by atoms with Crippen LogP contribution in [0.15, 0.2) is 212 Å². The van der Waals surface area contributed by atoms with Crippen LogP contribution in [-0.2, 0) is 0 Å². The first-order valence-electron chi connectivity index (χ1n) is 19.9. The molecule has 2 heterocycles. The minimum atomic E-state index is 0.940. The molecule has 0 unspecified atom stereocenters. The Bertz CT molecular complexity index is 3380. The number of hydrogen-bond donors (Lipinski definition) is 0. The molecule has 11 aromatic rings. The van der Waals surface area contributed by atoms with Crippen molar-refractivity contribution in [2.24, 2.45) is 0 Å². The molecule has 0 saturated carbocycles. The molecule has 270 valence electrons. The fourth-order valence-corrected chi connectivity index (χ4v) is 9.37. The molecule has 3 nitrogen and oxygen atoms in total. The summed E-state index contributed by atoms with van der Waals surface area (Å²) in [6.45, 7) is 0. The maximum absolute atomic E-state index is 5.25. The maximum atomic E-state index is 5.25. The lowest BCUT2D eigenvalue weighted by Gasteiger charge is -2.33. The number of rotatable bonds is 5. The fourth-order valence-electron chi connectivity index (χ4n) is 9.37. The van der Waals surface area contributed by atoms with E-state index in [4.69, 9.17) is 4.98 Å². The van der Waals surface area contributed by atoms with Crippen LogP contribution in [0, 0.1) is 0 Å². The second kappa shape index (κ2) is 12.9. The van der Waals surface area contributed by atoms with E-state index in [0.29, 0.717) is 0 Å². The molecule has 0 fully saturated rings. The van der Waals surface area contributed by atoms with Crippen molar-refractivity contribution in [1.29, 1.82) is 0 Å². The number of aromatic nitrogens is 2. The van der Waals surface area contributed by atoms with E-state index in [9.17, 15) is 0 Å². The maximum Gasteiger partial charge on any atom is 0.145 e. The van der Waals surface area contributed by atoms with Gasteiger partial charge in [0.2, 0.25) is 0 Å². The fraction of sp³-hybridized carbons (Fsp3) is 0. The standard InChI is InChI=1S/C55H35N3/c1-4-17-37(18-5-1)52-44-25-12-13-26-45(44)53(43-27-14-21-36-16-10-11-24-42(36)43)47-34-39(30-32-46(47)52)40-31-33-49-51(35-40)57(41-22-8-3-9-23-41)50-29-15-28-48-54(50)58(49)55(56-48)38-19-6-2-7-20-38/h1-35H. The zero-order chi connectivity index (χ0) is 38.2. The molecule has 0 N–H and O–H groups in total. The molecular weight excluding hydrogens is 703 g/mol. The summed E-state index contributed by atoms with van der Waals surface area (Å²) in [4.78, 5) is 7.65. The largest absolute Gasteiger partial charge is 0.306 e. The smallest absolute Gasteiger partial charge is 0.145 e.